The third-order valence-corrected chi connectivity index (χ3v) is 4.05. The zero-order valence-corrected chi connectivity index (χ0v) is 18.7. The van der Waals surface area contributed by atoms with Crippen LogP contribution in [0.15, 0.2) is 35.3 Å². The molecule has 1 aromatic carbocycles. The minimum atomic E-state index is -0.228. The van der Waals surface area contributed by atoms with E-state index in [1.807, 2.05) is 13.0 Å². The Kier molecular flexibility index (Phi) is 14.0. The van der Waals surface area contributed by atoms with Gasteiger partial charge in [0.1, 0.15) is 0 Å². The monoisotopic (exact) mass is 476 g/mol. The summed E-state index contributed by atoms with van der Waals surface area (Å²) in [6, 6.07) is 10.7. The fourth-order valence-corrected chi connectivity index (χ4v) is 2.68. The van der Waals surface area contributed by atoms with Crippen molar-refractivity contribution in [3.63, 3.8) is 0 Å². The Balaban J connectivity index is 0.00000625. The maximum absolute atomic E-state index is 11.2. The summed E-state index contributed by atoms with van der Waals surface area (Å²) in [6.07, 6.45) is 0.319. The van der Waals surface area contributed by atoms with Gasteiger partial charge in [-0.1, -0.05) is 44.2 Å². The van der Waals surface area contributed by atoms with Crippen LogP contribution in [0.4, 0.5) is 0 Å². The number of rotatable bonds is 10. The fraction of sp³-hybridized carbons (Fsp3) is 0.579. The molecule has 0 spiro atoms. The number of carbonyl (C=O) groups is 1. The zero-order valence-electron chi connectivity index (χ0n) is 16.3. The molecular weight excluding hydrogens is 443 g/mol. The van der Waals surface area contributed by atoms with E-state index in [1.165, 1.54) is 12.7 Å². The standard InChI is InChI=1S/C19H32N4O2.HI/c1-5-20-19(21-14-13-18(24)25-4)22-15-17(23(6-2)7-3)16-11-9-8-10-12-16;/h8-12,17H,5-7,13-15H2,1-4H3,(H2,20,21,22);1H. The Morgan fingerprint density at radius 2 is 1.81 bits per heavy atom. The number of nitrogens with one attached hydrogen (secondary N) is 2. The predicted octanol–water partition coefficient (Wildman–Crippen LogP) is 2.81. The number of hydrogen-bond donors (Lipinski definition) is 2. The Morgan fingerprint density at radius 3 is 2.35 bits per heavy atom. The molecule has 1 atom stereocenters. The van der Waals surface area contributed by atoms with Crippen LogP contribution in [0, 0.1) is 0 Å². The summed E-state index contributed by atoms with van der Waals surface area (Å²) >= 11 is 0. The molecule has 0 saturated carbocycles. The van der Waals surface area contributed by atoms with E-state index in [0.717, 1.165) is 25.6 Å². The molecule has 2 N–H and O–H groups in total. The number of aliphatic imine (C=N–C) groups is 1. The van der Waals surface area contributed by atoms with Gasteiger partial charge in [0.15, 0.2) is 5.96 Å². The number of ether oxygens (including phenoxy) is 1. The van der Waals surface area contributed by atoms with Gasteiger partial charge >= 0.3 is 5.97 Å². The molecule has 0 aliphatic heterocycles. The molecule has 7 heteroatoms. The van der Waals surface area contributed by atoms with E-state index >= 15 is 0 Å². The van der Waals surface area contributed by atoms with Crippen molar-refractivity contribution in [1.82, 2.24) is 15.5 Å². The molecule has 0 heterocycles. The Morgan fingerprint density at radius 1 is 1.15 bits per heavy atom. The lowest BCUT2D eigenvalue weighted by molar-refractivity contribution is -0.140. The minimum absolute atomic E-state index is 0. The van der Waals surface area contributed by atoms with Crippen LogP contribution in [0.3, 0.4) is 0 Å². The second kappa shape index (κ2) is 14.8. The van der Waals surface area contributed by atoms with Crippen LogP contribution in [0.2, 0.25) is 0 Å². The summed E-state index contributed by atoms with van der Waals surface area (Å²) in [5.74, 6) is 0.494. The second-order valence-corrected chi connectivity index (χ2v) is 5.62. The van der Waals surface area contributed by atoms with Crippen LogP contribution in [0.5, 0.6) is 0 Å². The van der Waals surface area contributed by atoms with Gasteiger partial charge in [-0.25, -0.2) is 0 Å². The number of guanidine groups is 1. The highest BCUT2D eigenvalue weighted by molar-refractivity contribution is 14.0. The number of halogens is 1. The number of nitrogens with zero attached hydrogens (tertiary/aromatic N) is 2. The number of esters is 1. The molecule has 148 valence electrons. The Hall–Kier alpha value is -1.35. The van der Waals surface area contributed by atoms with E-state index in [2.05, 4.69) is 58.4 Å². The van der Waals surface area contributed by atoms with Crippen LogP contribution in [-0.4, -0.2) is 56.7 Å². The number of methoxy groups -OCH3 is 1. The van der Waals surface area contributed by atoms with Crippen molar-refractivity contribution in [3.8, 4) is 0 Å². The number of hydrogen-bond acceptors (Lipinski definition) is 4. The van der Waals surface area contributed by atoms with Crippen LogP contribution in [0.1, 0.15) is 38.8 Å². The SMILES string of the molecule is CCNC(=NCC(c1ccccc1)N(CC)CC)NCCC(=O)OC.I. The van der Waals surface area contributed by atoms with Gasteiger partial charge in [-0.3, -0.25) is 14.7 Å². The lowest BCUT2D eigenvalue weighted by Crippen LogP contribution is -2.39. The quantitative estimate of drug-likeness (QED) is 0.235. The first-order valence-electron chi connectivity index (χ1n) is 9.04. The summed E-state index contributed by atoms with van der Waals surface area (Å²) in [6.45, 7) is 10.2. The van der Waals surface area contributed by atoms with Crippen LogP contribution in [0.25, 0.3) is 0 Å². The summed E-state index contributed by atoms with van der Waals surface area (Å²) in [5.41, 5.74) is 1.26. The molecule has 0 aliphatic carbocycles. The first kappa shape index (κ1) is 24.7. The third-order valence-electron chi connectivity index (χ3n) is 4.05. The maximum atomic E-state index is 11.2. The van der Waals surface area contributed by atoms with E-state index in [0.29, 0.717) is 19.5 Å². The highest BCUT2D eigenvalue weighted by Gasteiger charge is 2.17. The van der Waals surface area contributed by atoms with Gasteiger partial charge in [-0.2, -0.15) is 0 Å². The van der Waals surface area contributed by atoms with Crippen molar-refractivity contribution in [2.75, 3.05) is 39.8 Å². The minimum Gasteiger partial charge on any atom is -0.469 e. The van der Waals surface area contributed by atoms with Gasteiger partial charge in [-0.15, -0.1) is 24.0 Å². The highest BCUT2D eigenvalue weighted by atomic mass is 127. The van der Waals surface area contributed by atoms with Crippen LogP contribution < -0.4 is 10.6 Å². The maximum Gasteiger partial charge on any atom is 0.307 e. The molecular formula is C19H33IN4O2. The highest BCUT2D eigenvalue weighted by Crippen LogP contribution is 2.20. The fourth-order valence-electron chi connectivity index (χ4n) is 2.68. The molecule has 6 nitrogen and oxygen atoms in total. The van der Waals surface area contributed by atoms with E-state index in [1.54, 1.807) is 0 Å². The van der Waals surface area contributed by atoms with E-state index in [4.69, 9.17) is 4.99 Å². The van der Waals surface area contributed by atoms with Crippen LogP contribution >= 0.6 is 24.0 Å². The van der Waals surface area contributed by atoms with Crippen molar-refractivity contribution in [2.45, 2.75) is 33.2 Å². The van der Waals surface area contributed by atoms with Gasteiger partial charge in [0, 0.05) is 13.1 Å². The first-order valence-corrected chi connectivity index (χ1v) is 9.04. The molecule has 0 saturated heterocycles. The molecule has 0 aliphatic rings. The van der Waals surface area contributed by atoms with Crippen molar-refractivity contribution < 1.29 is 9.53 Å². The summed E-state index contributed by atoms with van der Waals surface area (Å²) in [5, 5.41) is 6.41. The lowest BCUT2D eigenvalue weighted by Gasteiger charge is -2.29. The largest absolute Gasteiger partial charge is 0.469 e. The molecule has 0 radical (unpaired) electrons. The Labute approximate surface area is 174 Å². The van der Waals surface area contributed by atoms with Gasteiger partial charge in [0.2, 0.25) is 0 Å². The van der Waals surface area contributed by atoms with Crippen molar-refractivity contribution in [3.05, 3.63) is 35.9 Å². The summed E-state index contributed by atoms with van der Waals surface area (Å²) in [4.78, 5) is 18.4. The average Bonchev–Trinajstić information content (AvgIpc) is 2.65. The average molecular weight is 476 g/mol. The Bertz CT molecular complexity index is 522. The molecule has 1 aromatic rings. The van der Waals surface area contributed by atoms with E-state index in [9.17, 15) is 4.79 Å². The van der Waals surface area contributed by atoms with E-state index < -0.39 is 0 Å². The second-order valence-electron chi connectivity index (χ2n) is 5.62. The lowest BCUT2D eigenvalue weighted by atomic mass is 10.1. The molecule has 26 heavy (non-hydrogen) atoms. The van der Waals surface area contributed by atoms with Crippen molar-refractivity contribution in [1.29, 1.82) is 0 Å². The normalized spacial score (nSPS) is 12.3. The third kappa shape index (κ3) is 8.84. The predicted molar refractivity (Wildman–Crippen MR) is 118 cm³/mol. The molecule has 0 aromatic heterocycles. The number of likely N-dealkylation sites (N-methyl/N-ethyl adjacent to an activating group) is 1. The molecule has 0 amide bonds. The van der Waals surface area contributed by atoms with E-state index in [-0.39, 0.29) is 36.0 Å². The molecule has 1 rings (SSSR count). The smallest absolute Gasteiger partial charge is 0.307 e. The molecule has 0 fully saturated rings. The van der Waals surface area contributed by atoms with Crippen molar-refractivity contribution in [2.24, 2.45) is 4.99 Å². The zero-order chi connectivity index (χ0) is 18.5. The molecule has 1 unspecified atom stereocenters. The first-order chi connectivity index (χ1) is 12.2. The number of carbonyl (C=O) groups excluding carboxylic acids is 1. The van der Waals surface area contributed by atoms with Crippen LogP contribution in [-0.2, 0) is 9.53 Å². The van der Waals surface area contributed by atoms with Crippen molar-refractivity contribution >= 4 is 35.9 Å². The summed E-state index contributed by atoms with van der Waals surface area (Å²) in [7, 11) is 1.40. The number of benzene rings is 1. The molecule has 0 bridgehead atoms. The van der Waals surface area contributed by atoms with Gasteiger partial charge < -0.3 is 15.4 Å². The van der Waals surface area contributed by atoms with Gasteiger partial charge in [0.25, 0.3) is 0 Å². The topological polar surface area (TPSA) is 66.0 Å². The van der Waals surface area contributed by atoms with Gasteiger partial charge in [-0.05, 0) is 25.6 Å². The summed E-state index contributed by atoms with van der Waals surface area (Å²) < 4.78 is 4.66. The van der Waals surface area contributed by atoms with Gasteiger partial charge in [0.05, 0.1) is 26.1 Å².